The van der Waals surface area contributed by atoms with Crippen LogP contribution in [0, 0.1) is 5.41 Å². The van der Waals surface area contributed by atoms with E-state index in [1.165, 1.54) is 19.4 Å². The van der Waals surface area contributed by atoms with Crippen LogP contribution < -0.4 is 5.73 Å². The highest BCUT2D eigenvalue weighted by atomic mass is 15.2. The molecule has 4 heteroatoms. The molecule has 0 spiro atoms. The molecule has 2 atom stereocenters. The second kappa shape index (κ2) is 6.86. The lowest BCUT2D eigenvalue weighted by Crippen LogP contribution is -2.40. The smallest absolute Gasteiger partial charge is 0.0995 e. The zero-order chi connectivity index (χ0) is 14.5. The lowest BCUT2D eigenvalue weighted by molar-refractivity contribution is 0.219. The van der Waals surface area contributed by atoms with Crippen LogP contribution >= 0.6 is 0 Å². The molecule has 0 radical (unpaired) electrons. The highest BCUT2D eigenvalue weighted by Crippen LogP contribution is 2.19. The Morgan fingerprint density at radius 3 is 2.70 bits per heavy atom. The second-order valence-electron chi connectivity index (χ2n) is 5.92. The number of nitrogens with zero attached hydrogens (tertiary/aromatic N) is 2. The number of hydrogen-bond acceptors (Lipinski definition) is 3. The van der Waals surface area contributed by atoms with Gasteiger partial charge < -0.3 is 15.5 Å². The van der Waals surface area contributed by atoms with E-state index in [1.54, 1.807) is 0 Å². The molecule has 1 fully saturated rings. The lowest BCUT2D eigenvalue weighted by atomic mass is 9.97. The highest BCUT2D eigenvalue weighted by molar-refractivity contribution is 5.84. The summed E-state index contributed by atoms with van der Waals surface area (Å²) < 4.78 is 0. The van der Waals surface area contributed by atoms with Crippen molar-refractivity contribution in [2.75, 3.05) is 33.7 Å². The molecule has 3 N–H and O–H groups in total. The average Bonchev–Trinajstić information content (AvgIpc) is 2.82. The lowest BCUT2D eigenvalue weighted by Gasteiger charge is -2.28. The molecule has 20 heavy (non-hydrogen) atoms. The van der Waals surface area contributed by atoms with Crippen molar-refractivity contribution in [2.24, 2.45) is 5.73 Å². The third kappa shape index (κ3) is 3.81. The summed E-state index contributed by atoms with van der Waals surface area (Å²) in [5.41, 5.74) is 6.93. The van der Waals surface area contributed by atoms with E-state index in [9.17, 15) is 0 Å². The standard InChI is InChI=1S/C16H26N4/c1-19(11-14-9-6-10-20(14)2)12-15(16(17)18)13-7-4-3-5-8-13/h3-5,7-8,14-15H,6,9-12H2,1-2H3,(H3,17,18). The predicted molar refractivity (Wildman–Crippen MR) is 84.2 cm³/mol. The van der Waals surface area contributed by atoms with Crippen LogP contribution in [0.1, 0.15) is 24.3 Å². The van der Waals surface area contributed by atoms with E-state index in [2.05, 4.69) is 36.0 Å². The van der Waals surface area contributed by atoms with Crippen molar-refractivity contribution in [1.82, 2.24) is 9.80 Å². The Labute approximate surface area is 122 Å². The molecule has 1 aromatic rings. The number of hydrogen-bond donors (Lipinski definition) is 2. The van der Waals surface area contributed by atoms with Crippen molar-refractivity contribution >= 4 is 5.84 Å². The number of nitrogens with one attached hydrogen (secondary N) is 1. The molecule has 0 saturated carbocycles. The largest absolute Gasteiger partial charge is 0.387 e. The van der Waals surface area contributed by atoms with Gasteiger partial charge in [0.1, 0.15) is 0 Å². The third-order valence-corrected chi connectivity index (χ3v) is 4.27. The molecule has 4 nitrogen and oxygen atoms in total. The van der Waals surface area contributed by atoms with Gasteiger partial charge in [-0.05, 0) is 39.0 Å². The van der Waals surface area contributed by atoms with Gasteiger partial charge in [-0.15, -0.1) is 0 Å². The Kier molecular flexibility index (Phi) is 5.15. The molecule has 110 valence electrons. The molecule has 1 aliphatic rings. The monoisotopic (exact) mass is 274 g/mol. The fourth-order valence-electron chi connectivity index (χ4n) is 3.02. The first-order chi connectivity index (χ1) is 9.58. The van der Waals surface area contributed by atoms with Crippen molar-refractivity contribution < 1.29 is 0 Å². The minimum absolute atomic E-state index is 0.00657. The van der Waals surface area contributed by atoms with Gasteiger partial charge in [-0.3, -0.25) is 5.41 Å². The van der Waals surface area contributed by atoms with Crippen molar-refractivity contribution in [3.63, 3.8) is 0 Å². The fourth-order valence-corrected chi connectivity index (χ4v) is 3.02. The number of amidine groups is 1. The number of likely N-dealkylation sites (tertiary alicyclic amines) is 1. The minimum atomic E-state index is -0.00657. The van der Waals surface area contributed by atoms with Gasteiger partial charge in [0, 0.05) is 19.1 Å². The van der Waals surface area contributed by atoms with Gasteiger partial charge in [0.25, 0.3) is 0 Å². The van der Waals surface area contributed by atoms with Crippen LogP contribution in [0.2, 0.25) is 0 Å². The minimum Gasteiger partial charge on any atom is -0.387 e. The maximum absolute atomic E-state index is 7.85. The Morgan fingerprint density at radius 1 is 1.45 bits per heavy atom. The SMILES string of the molecule is CN(CC(C(=N)N)c1ccccc1)CC1CCCN1C. The number of benzene rings is 1. The van der Waals surface area contributed by atoms with E-state index in [1.807, 2.05) is 18.2 Å². The summed E-state index contributed by atoms with van der Waals surface area (Å²) in [5.74, 6) is 0.246. The maximum atomic E-state index is 7.85. The van der Waals surface area contributed by atoms with Crippen LogP contribution in [0.3, 0.4) is 0 Å². The van der Waals surface area contributed by atoms with Gasteiger partial charge in [0.15, 0.2) is 0 Å². The van der Waals surface area contributed by atoms with Crippen LogP contribution in [0.25, 0.3) is 0 Å². The highest BCUT2D eigenvalue weighted by Gasteiger charge is 2.24. The van der Waals surface area contributed by atoms with E-state index < -0.39 is 0 Å². The van der Waals surface area contributed by atoms with E-state index in [0.29, 0.717) is 6.04 Å². The predicted octanol–water partition coefficient (Wildman–Crippen LogP) is 1.73. The van der Waals surface area contributed by atoms with Crippen LogP contribution in [0.15, 0.2) is 30.3 Å². The van der Waals surface area contributed by atoms with Crippen LogP contribution in [0.5, 0.6) is 0 Å². The third-order valence-electron chi connectivity index (χ3n) is 4.27. The number of nitrogens with two attached hydrogens (primary N) is 1. The molecule has 1 aliphatic heterocycles. The zero-order valence-corrected chi connectivity index (χ0v) is 12.5. The van der Waals surface area contributed by atoms with E-state index in [4.69, 9.17) is 11.1 Å². The quantitative estimate of drug-likeness (QED) is 0.613. The molecule has 1 saturated heterocycles. The van der Waals surface area contributed by atoms with Crippen molar-refractivity contribution in [2.45, 2.75) is 24.8 Å². The average molecular weight is 274 g/mol. The van der Waals surface area contributed by atoms with Crippen LogP contribution in [-0.4, -0.2) is 55.4 Å². The van der Waals surface area contributed by atoms with Crippen molar-refractivity contribution in [3.05, 3.63) is 35.9 Å². The summed E-state index contributed by atoms with van der Waals surface area (Å²) in [6.07, 6.45) is 2.57. The zero-order valence-electron chi connectivity index (χ0n) is 12.5. The van der Waals surface area contributed by atoms with Gasteiger partial charge in [-0.2, -0.15) is 0 Å². The molecule has 0 aromatic heterocycles. The summed E-state index contributed by atoms with van der Waals surface area (Å²) in [4.78, 5) is 4.74. The van der Waals surface area contributed by atoms with Gasteiger partial charge in [0.05, 0.1) is 11.8 Å². The molecule has 2 unspecified atom stereocenters. The molecule has 0 amide bonds. The van der Waals surface area contributed by atoms with Crippen LogP contribution in [0.4, 0.5) is 0 Å². The molecular formula is C16H26N4. The Morgan fingerprint density at radius 2 is 2.15 bits per heavy atom. The first-order valence-corrected chi connectivity index (χ1v) is 7.35. The molecular weight excluding hydrogens is 248 g/mol. The van der Waals surface area contributed by atoms with Gasteiger partial charge in [-0.25, -0.2) is 0 Å². The molecule has 0 bridgehead atoms. The Bertz CT molecular complexity index is 431. The first kappa shape index (κ1) is 15.0. The number of likely N-dealkylation sites (N-methyl/N-ethyl adjacent to an activating group) is 2. The first-order valence-electron chi connectivity index (χ1n) is 7.35. The normalized spacial score (nSPS) is 21.2. The van der Waals surface area contributed by atoms with Crippen molar-refractivity contribution in [1.29, 1.82) is 5.41 Å². The van der Waals surface area contributed by atoms with E-state index in [0.717, 1.165) is 18.7 Å². The van der Waals surface area contributed by atoms with Gasteiger partial charge in [-0.1, -0.05) is 30.3 Å². The summed E-state index contributed by atoms with van der Waals surface area (Å²) in [6, 6.07) is 10.8. The van der Waals surface area contributed by atoms with Crippen molar-refractivity contribution in [3.8, 4) is 0 Å². The van der Waals surface area contributed by atoms with Crippen LogP contribution in [-0.2, 0) is 0 Å². The molecule has 1 heterocycles. The topological polar surface area (TPSA) is 56.4 Å². The molecule has 2 rings (SSSR count). The fraction of sp³-hybridized carbons (Fsp3) is 0.562. The summed E-state index contributed by atoms with van der Waals surface area (Å²) >= 11 is 0. The molecule has 0 aliphatic carbocycles. The summed E-state index contributed by atoms with van der Waals surface area (Å²) in [7, 11) is 4.33. The maximum Gasteiger partial charge on any atom is 0.0995 e. The van der Waals surface area contributed by atoms with Gasteiger partial charge in [0.2, 0.25) is 0 Å². The summed E-state index contributed by atoms with van der Waals surface area (Å²) in [6.45, 7) is 3.06. The molecule has 1 aromatic carbocycles. The number of rotatable bonds is 6. The van der Waals surface area contributed by atoms with Gasteiger partial charge >= 0.3 is 0 Å². The van der Waals surface area contributed by atoms with E-state index in [-0.39, 0.29) is 11.8 Å². The van der Waals surface area contributed by atoms with E-state index >= 15 is 0 Å². The Hall–Kier alpha value is -1.39. The summed E-state index contributed by atoms with van der Waals surface area (Å²) in [5, 5.41) is 7.85. The second-order valence-corrected chi connectivity index (χ2v) is 5.92. The Balaban J connectivity index is 1.96.